The number of pyridine rings is 1. The zero-order valence-electron chi connectivity index (χ0n) is 16.3. The summed E-state index contributed by atoms with van der Waals surface area (Å²) in [5, 5.41) is 3.32. The van der Waals surface area contributed by atoms with E-state index in [0.29, 0.717) is 22.9 Å². The molecule has 0 saturated carbocycles. The van der Waals surface area contributed by atoms with Crippen molar-refractivity contribution in [1.29, 1.82) is 0 Å². The van der Waals surface area contributed by atoms with Crippen LogP contribution in [0.2, 0.25) is 5.02 Å². The summed E-state index contributed by atoms with van der Waals surface area (Å²) in [7, 11) is -3.57. The van der Waals surface area contributed by atoms with Gasteiger partial charge in [0.15, 0.2) is 0 Å². The Hall–Kier alpha value is -2.16. The highest BCUT2D eigenvalue weighted by atomic mass is 35.5. The molecule has 1 aromatic heterocycles. The lowest BCUT2D eigenvalue weighted by Crippen LogP contribution is -2.35. The highest BCUT2D eigenvalue weighted by molar-refractivity contribution is 7.89. The number of amides is 1. The predicted octanol–water partition coefficient (Wildman–Crippen LogP) is 3.06. The molecule has 156 valence electrons. The average Bonchev–Trinajstić information content (AvgIpc) is 2.72. The van der Waals surface area contributed by atoms with Gasteiger partial charge in [-0.3, -0.25) is 4.79 Å². The molecule has 2 heterocycles. The number of nitrogens with one attached hydrogen (secondary N) is 2. The van der Waals surface area contributed by atoms with Crippen LogP contribution in [0.25, 0.3) is 0 Å². The smallest absolute Gasteiger partial charge is 0.255 e. The summed E-state index contributed by atoms with van der Waals surface area (Å²) in [6.07, 6.45) is 4.69. The molecule has 1 aliphatic heterocycles. The van der Waals surface area contributed by atoms with Crippen molar-refractivity contribution < 1.29 is 13.2 Å². The highest BCUT2D eigenvalue weighted by Crippen LogP contribution is 2.22. The summed E-state index contributed by atoms with van der Waals surface area (Å²) in [5.41, 5.74) is 1.45. The van der Waals surface area contributed by atoms with Crippen LogP contribution in [-0.2, 0) is 10.0 Å². The van der Waals surface area contributed by atoms with E-state index in [4.69, 9.17) is 11.6 Å². The molecule has 1 aromatic carbocycles. The molecule has 7 nitrogen and oxygen atoms in total. The monoisotopic (exact) mass is 436 g/mol. The van der Waals surface area contributed by atoms with Gasteiger partial charge in [0.05, 0.1) is 15.5 Å². The zero-order chi connectivity index (χ0) is 20.9. The number of likely N-dealkylation sites (tertiary alicyclic amines) is 1. The number of nitrogens with zero attached hydrogens (tertiary/aromatic N) is 2. The molecule has 0 atom stereocenters. The normalized spacial score (nSPS) is 14.6. The van der Waals surface area contributed by atoms with Crippen molar-refractivity contribution in [2.75, 3.05) is 31.5 Å². The van der Waals surface area contributed by atoms with Crippen molar-refractivity contribution in [2.45, 2.75) is 31.1 Å². The second-order valence-electron chi connectivity index (χ2n) is 7.04. The first kappa shape index (κ1) is 21.5. The van der Waals surface area contributed by atoms with Gasteiger partial charge in [-0.2, -0.15) is 0 Å². The Morgan fingerprint density at radius 3 is 2.48 bits per heavy atom. The molecule has 2 aromatic rings. The number of hydrogen-bond acceptors (Lipinski definition) is 5. The molecule has 0 spiro atoms. The minimum absolute atomic E-state index is 0.0588. The molecule has 1 aliphatic rings. The van der Waals surface area contributed by atoms with E-state index in [0.717, 1.165) is 37.9 Å². The maximum absolute atomic E-state index is 12.5. The van der Waals surface area contributed by atoms with Crippen molar-refractivity contribution in [3.63, 3.8) is 0 Å². The third kappa shape index (κ3) is 5.68. The van der Waals surface area contributed by atoms with Crippen LogP contribution >= 0.6 is 11.6 Å². The molecule has 1 saturated heterocycles. The van der Waals surface area contributed by atoms with Crippen LogP contribution in [0.4, 0.5) is 5.82 Å². The van der Waals surface area contributed by atoms with Crippen LogP contribution in [0.5, 0.6) is 0 Å². The summed E-state index contributed by atoms with van der Waals surface area (Å²) in [5.74, 6) is 0.355. The Morgan fingerprint density at radius 1 is 1.14 bits per heavy atom. The van der Waals surface area contributed by atoms with Gasteiger partial charge in [0.25, 0.3) is 5.91 Å². The number of aryl methyl sites for hydroxylation is 1. The maximum Gasteiger partial charge on any atom is 0.255 e. The van der Waals surface area contributed by atoms with Crippen LogP contribution < -0.4 is 10.0 Å². The zero-order valence-corrected chi connectivity index (χ0v) is 17.9. The van der Waals surface area contributed by atoms with Gasteiger partial charge in [-0.15, -0.1) is 0 Å². The van der Waals surface area contributed by atoms with Crippen LogP contribution in [0.1, 0.15) is 35.2 Å². The van der Waals surface area contributed by atoms with Gasteiger partial charge in [0, 0.05) is 32.4 Å². The predicted molar refractivity (Wildman–Crippen MR) is 114 cm³/mol. The van der Waals surface area contributed by atoms with Crippen molar-refractivity contribution in [3.05, 3.63) is 52.7 Å². The Morgan fingerprint density at radius 2 is 1.83 bits per heavy atom. The second kappa shape index (κ2) is 9.56. The lowest BCUT2D eigenvalue weighted by atomic mass is 10.1. The van der Waals surface area contributed by atoms with Gasteiger partial charge in [-0.1, -0.05) is 29.3 Å². The Labute approximate surface area is 176 Å². The van der Waals surface area contributed by atoms with Crippen molar-refractivity contribution >= 4 is 33.3 Å². The van der Waals surface area contributed by atoms with E-state index in [1.54, 1.807) is 30.3 Å². The van der Waals surface area contributed by atoms with E-state index in [2.05, 4.69) is 15.0 Å². The molecule has 9 heteroatoms. The van der Waals surface area contributed by atoms with Crippen LogP contribution in [0, 0.1) is 6.92 Å². The molecule has 0 radical (unpaired) electrons. The summed E-state index contributed by atoms with van der Waals surface area (Å²) < 4.78 is 27.1. The minimum atomic E-state index is -3.57. The number of halogens is 1. The Bertz CT molecular complexity index is 958. The first-order valence-electron chi connectivity index (χ1n) is 9.62. The molecule has 1 amide bonds. The lowest BCUT2D eigenvalue weighted by Gasteiger charge is -2.26. The van der Waals surface area contributed by atoms with Crippen LogP contribution in [0.15, 0.2) is 41.4 Å². The molecule has 0 bridgehead atoms. The molecule has 1 fully saturated rings. The maximum atomic E-state index is 12.5. The van der Waals surface area contributed by atoms with E-state index in [9.17, 15) is 13.2 Å². The van der Waals surface area contributed by atoms with Crippen molar-refractivity contribution in [2.24, 2.45) is 0 Å². The van der Waals surface area contributed by atoms with E-state index in [1.165, 1.54) is 6.20 Å². The molecule has 3 rings (SSSR count). The third-order valence-electron chi connectivity index (χ3n) is 4.77. The van der Waals surface area contributed by atoms with Gasteiger partial charge >= 0.3 is 0 Å². The van der Waals surface area contributed by atoms with Gasteiger partial charge in [-0.05, 0) is 44.4 Å². The van der Waals surface area contributed by atoms with Gasteiger partial charge < -0.3 is 10.2 Å². The topological polar surface area (TPSA) is 91.4 Å². The number of anilines is 1. The lowest BCUT2D eigenvalue weighted by molar-refractivity contribution is 0.0724. The first-order chi connectivity index (χ1) is 13.9. The Kier molecular flexibility index (Phi) is 7.10. The van der Waals surface area contributed by atoms with Gasteiger partial charge in [0.1, 0.15) is 5.82 Å². The fourth-order valence-corrected chi connectivity index (χ4v) is 4.40. The number of hydrogen-bond donors (Lipinski definition) is 2. The van der Waals surface area contributed by atoms with E-state index in [-0.39, 0.29) is 17.3 Å². The third-order valence-corrected chi connectivity index (χ3v) is 6.54. The molecule has 0 unspecified atom stereocenters. The summed E-state index contributed by atoms with van der Waals surface area (Å²) in [6, 6.07) is 8.25. The van der Waals surface area contributed by atoms with Gasteiger partial charge in [0.2, 0.25) is 10.0 Å². The number of sulfonamides is 1. The molecular weight excluding hydrogens is 412 g/mol. The molecule has 2 N–H and O–H groups in total. The van der Waals surface area contributed by atoms with Crippen molar-refractivity contribution in [3.8, 4) is 0 Å². The fraction of sp³-hybridized carbons (Fsp3) is 0.400. The van der Waals surface area contributed by atoms with Crippen LogP contribution in [-0.4, -0.2) is 50.4 Å². The Balaban J connectivity index is 1.53. The molecule has 29 heavy (non-hydrogen) atoms. The average molecular weight is 437 g/mol. The fourth-order valence-electron chi connectivity index (χ4n) is 3.13. The first-order valence-corrected chi connectivity index (χ1v) is 11.5. The van der Waals surface area contributed by atoms with Gasteiger partial charge in [-0.25, -0.2) is 18.1 Å². The summed E-state index contributed by atoms with van der Waals surface area (Å²) >= 11 is 6.26. The quantitative estimate of drug-likeness (QED) is 0.651. The van der Waals surface area contributed by atoms with E-state index < -0.39 is 10.0 Å². The van der Waals surface area contributed by atoms with E-state index in [1.807, 2.05) is 11.8 Å². The molecular formula is C20H25ClN4O3S. The summed E-state index contributed by atoms with van der Waals surface area (Å²) in [6.45, 7) is 3.89. The second-order valence-corrected chi connectivity index (χ2v) is 9.22. The molecule has 0 aliphatic carbocycles. The number of rotatable bonds is 7. The largest absolute Gasteiger partial charge is 0.368 e. The number of carbonyl (C=O) groups is 1. The number of carbonyl (C=O) groups excluding carboxylic acids is 1. The van der Waals surface area contributed by atoms with Crippen molar-refractivity contribution in [1.82, 2.24) is 14.6 Å². The standard InChI is InChI=1S/C20H25ClN4O3S/c1-15-5-7-17(8-6-15)29(27,28)24-10-9-22-19-18(21)13-16(14-23-19)20(26)25-11-3-2-4-12-25/h5-8,13-14,24H,2-4,9-12H2,1H3,(H,22,23). The van der Waals surface area contributed by atoms with Crippen LogP contribution in [0.3, 0.4) is 0 Å². The van der Waals surface area contributed by atoms with E-state index >= 15 is 0 Å². The highest BCUT2D eigenvalue weighted by Gasteiger charge is 2.19. The number of piperidine rings is 1. The number of benzene rings is 1. The number of aromatic nitrogens is 1. The minimum Gasteiger partial charge on any atom is -0.368 e. The SMILES string of the molecule is Cc1ccc(S(=O)(=O)NCCNc2ncc(C(=O)N3CCCCC3)cc2Cl)cc1. The summed E-state index contributed by atoms with van der Waals surface area (Å²) in [4.78, 5) is 18.8.